The second-order valence-corrected chi connectivity index (χ2v) is 8.77. The number of aryl methyl sites for hydroxylation is 1. The van der Waals surface area contributed by atoms with Gasteiger partial charge in [0.25, 0.3) is 5.95 Å². The number of hydrogen-bond acceptors (Lipinski definition) is 4. The van der Waals surface area contributed by atoms with E-state index in [2.05, 4.69) is 20.8 Å². The number of hydrogen-bond donors (Lipinski definition) is 0. The summed E-state index contributed by atoms with van der Waals surface area (Å²) in [6, 6.07) is 1.55. The smallest absolute Gasteiger partial charge is 0.292 e. The second kappa shape index (κ2) is 4.96. The number of ketones is 1. The van der Waals surface area contributed by atoms with Crippen LogP contribution >= 0.6 is 0 Å². The van der Waals surface area contributed by atoms with Crippen molar-refractivity contribution < 1.29 is 13.9 Å². The summed E-state index contributed by atoms with van der Waals surface area (Å²) in [4.78, 5) is 24.7. The predicted octanol–water partition coefficient (Wildman–Crippen LogP) is 3.67. The Labute approximate surface area is 142 Å². The van der Waals surface area contributed by atoms with E-state index in [9.17, 15) is 9.59 Å². The van der Waals surface area contributed by atoms with E-state index >= 15 is 0 Å². The summed E-state index contributed by atoms with van der Waals surface area (Å²) < 4.78 is 12.1. The molecule has 2 saturated carbocycles. The topological polar surface area (TPSA) is 56.5 Å². The summed E-state index contributed by atoms with van der Waals surface area (Å²) in [5.74, 6) is 2.05. The van der Waals surface area contributed by atoms with E-state index in [1.54, 1.807) is 13.0 Å². The fraction of sp³-hybridized carbons (Fsp3) is 0.700. The highest BCUT2D eigenvalue weighted by atomic mass is 16.6. The monoisotopic (exact) mass is 330 g/mol. The molecule has 0 unspecified atom stereocenters. The van der Waals surface area contributed by atoms with E-state index in [1.807, 2.05) is 0 Å². The molecule has 0 radical (unpaired) electrons. The van der Waals surface area contributed by atoms with Gasteiger partial charge in [-0.2, -0.15) is 0 Å². The molecule has 0 amide bonds. The SMILES string of the molecule is Cc1cc(=O)c2c(o1)O[C@H]1[C@@H](CC[C@H]3C(C)(C)C(=O)CC[C@]13C)C2. The third kappa shape index (κ3) is 2.04. The zero-order valence-corrected chi connectivity index (χ0v) is 15.0. The molecule has 4 atom stereocenters. The van der Waals surface area contributed by atoms with E-state index in [4.69, 9.17) is 9.15 Å². The molecule has 2 fully saturated rings. The van der Waals surface area contributed by atoms with Crippen LogP contribution in [0, 0.1) is 29.6 Å². The van der Waals surface area contributed by atoms with E-state index in [0.717, 1.165) is 25.7 Å². The van der Waals surface area contributed by atoms with Crippen LogP contribution in [0.5, 0.6) is 5.95 Å². The molecular weight excluding hydrogens is 304 g/mol. The Morgan fingerprint density at radius 3 is 2.67 bits per heavy atom. The molecule has 0 spiro atoms. The molecule has 1 aromatic rings. The summed E-state index contributed by atoms with van der Waals surface area (Å²) in [5, 5.41) is 0. The van der Waals surface area contributed by atoms with Gasteiger partial charge in [0.05, 0.1) is 5.56 Å². The van der Waals surface area contributed by atoms with Crippen molar-refractivity contribution in [3.8, 4) is 5.95 Å². The molecule has 4 nitrogen and oxygen atoms in total. The first-order chi connectivity index (χ1) is 11.2. The van der Waals surface area contributed by atoms with Gasteiger partial charge in [-0.05, 0) is 38.5 Å². The molecule has 1 aliphatic heterocycles. The quantitative estimate of drug-likeness (QED) is 0.728. The molecule has 130 valence electrons. The Hall–Kier alpha value is -1.58. The van der Waals surface area contributed by atoms with Gasteiger partial charge in [0.1, 0.15) is 17.6 Å². The minimum absolute atomic E-state index is 0.0265. The van der Waals surface area contributed by atoms with Crippen LogP contribution in [-0.4, -0.2) is 11.9 Å². The van der Waals surface area contributed by atoms with Crippen LogP contribution in [0.2, 0.25) is 0 Å². The average Bonchev–Trinajstić information content (AvgIpc) is 2.50. The van der Waals surface area contributed by atoms with Crippen LogP contribution < -0.4 is 10.2 Å². The third-order valence-electron chi connectivity index (χ3n) is 7.01. The summed E-state index contributed by atoms with van der Waals surface area (Å²) in [6.45, 7) is 8.25. The standard InChI is InChI=1S/C20H26O4/c1-11-9-14(21)13-10-12-5-6-15-19(2,3)16(22)7-8-20(15,4)17(12)24-18(13)23-11/h9,12,15,17H,5-8,10H2,1-4H3/t12-,15-,17-,20-/m0/s1. The highest BCUT2D eigenvalue weighted by Gasteiger charge is 2.59. The minimum atomic E-state index is -0.297. The zero-order chi connectivity index (χ0) is 17.3. The van der Waals surface area contributed by atoms with Crippen LogP contribution in [0.15, 0.2) is 15.3 Å². The minimum Gasteiger partial charge on any atom is -0.461 e. The average molecular weight is 330 g/mol. The predicted molar refractivity (Wildman–Crippen MR) is 90.2 cm³/mol. The van der Waals surface area contributed by atoms with E-state index in [0.29, 0.717) is 41.3 Å². The number of carbonyl (C=O) groups excluding carboxylic acids is 1. The maximum absolute atomic E-state index is 12.5. The lowest BCUT2D eigenvalue weighted by Gasteiger charge is -2.58. The molecule has 2 heterocycles. The van der Waals surface area contributed by atoms with Crippen LogP contribution in [0.4, 0.5) is 0 Å². The zero-order valence-electron chi connectivity index (χ0n) is 15.0. The first kappa shape index (κ1) is 15.9. The van der Waals surface area contributed by atoms with E-state index in [-0.39, 0.29) is 22.4 Å². The second-order valence-electron chi connectivity index (χ2n) is 8.77. The van der Waals surface area contributed by atoms with Gasteiger partial charge >= 0.3 is 0 Å². The van der Waals surface area contributed by atoms with Gasteiger partial charge in [0.2, 0.25) is 0 Å². The molecule has 1 aromatic heterocycles. The van der Waals surface area contributed by atoms with Crippen molar-refractivity contribution in [1.29, 1.82) is 0 Å². The fourth-order valence-electron chi connectivity index (χ4n) is 5.71. The van der Waals surface area contributed by atoms with Gasteiger partial charge in [-0.15, -0.1) is 0 Å². The van der Waals surface area contributed by atoms with Crippen molar-refractivity contribution in [2.75, 3.05) is 0 Å². The normalized spacial score (nSPS) is 37.0. The summed E-state index contributed by atoms with van der Waals surface area (Å²) in [5.41, 5.74) is 0.378. The van der Waals surface area contributed by atoms with Crippen molar-refractivity contribution in [1.82, 2.24) is 0 Å². The van der Waals surface area contributed by atoms with Gasteiger partial charge in [-0.3, -0.25) is 9.59 Å². The Balaban J connectivity index is 1.76. The maximum Gasteiger partial charge on any atom is 0.292 e. The molecule has 4 rings (SSSR count). The van der Waals surface area contributed by atoms with Crippen LogP contribution in [0.25, 0.3) is 0 Å². The molecule has 0 aromatic carbocycles. The fourth-order valence-corrected chi connectivity index (χ4v) is 5.71. The van der Waals surface area contributed by atoms with Crippen LogP contribution in [0.3, 0.4) is 0 Å². The van der Waals surface area contributed by atoms with E-state index < -0.39 is 0 Å². The molecule has 24 heavy (non-hydrogen) atoms. The Morgan fingerprint density at radius 2 is 1.92 bits per heavy atom. The molecule has 0 N–H and O–H groups in total. The van der Waals surface area contributed by atoms with Crippen molar-refractivity contribution in [2.45, 2.75) is 65.9 Å². The van der Waals surface area contributed by atoms with Crippen molar-refractivity contribution in [2.24, 2.45) is 22.7 Å². The van der Waals surface area contributed by atoms with Crippen LogP contribution in [-0.2, 0) is 11.2 Å². The first-order valence-corrected chi connectivity index (χ1v) is 9.07. The van der Waals surface area contributed by atoms with Gasteiger partial charge in [0.15, 0.2) is 5.43 Å². The van der Waals surface area contributed by atoms with E-state index in [1.165, 1.54) is 0 Å². The number of ether oxygens (including phenoxy) is 1. The molecule has 3 aliphatic rings. The highest BCUT2D eigenvalue weighted by molar-refractivity contribution is 5.85. The Morgan fingerprint density at radius 1 is 1.17 bits per heavy atom. The Bertz CT molecular complexity index is 759. The summed E-state index contributed by atoms with van der Waals surface area (Å²) in [6.07, 6.45) is 4.30. The van der Waals surface area contributed by atoms with Gasteiger partial charge in [-0.1, -0.05) is 20.8 Å². The van der Waals surface area contributed by atoms with Crippen molar-refractivity contribution in [3.63, 3.8) is 0 Å². The molecular formula is C20H26O4. The van der Waals surface area contributed by atoms with Gasteiger partial charge < -0.3 is 9.15 Å². The lowest BCUT2D eigenvalue weighted by Crippen LogP contribution is -2.60. The summed E-state index contributed by atoms with van der Waals surface area (Å²) >= 11 is 0. The number of carbonyl (C=O) groups is 1. The van der Waals surface area contributed by atoms with Gasteiger partial charge in [0, 0.05) is 29.2 Å². The lowest BCUT2D eigenvalue weighted by molar-refractivity contribution is -0.162. The number of Topliss-reactive ketones (excluding diaryl/α,β-unsaturated/α-hetero) is 1. The van der Waals surface area contributed by atoms with Crippen molar-refractivity contribution in [3.05, 3.63) is 27.6 Å². The molecule has 2 aliphatic carbocycles. The van der Waals surface area contributed by atoms with Crippen molar-refractivity contribution >= 4 is 5.78 Å². The van der Waals surface area contributed by atoms with Crippen LogP contribution in [0.1, 0.15) is 57.8 Å². The third-order valence-corrected chi connectivity index (χ3v) is 7.01. The highest BCUT2D eigenvalue weighted by Crippen LogP contribution is 2.59. The maximum atomic E-state index is 12.5. The molecule has 0 bridgehead atoms. The molecule has 4 heteroatoms. The van der Waals surface area contributed by atoms with Gasteiger partial charge in [-0.25, -0.2) is 0 Å². The largest absolute Gasteiger partial charge is 0.461 e. The Kier molecular flexibility index (Phi) is 3.29. The number of rotatable bonds is 0. The summed E-state index contributed by atoms with van der Waals surface area (Å²) in [7, 11) is 0. The lowest BCUT2D eigenvalue weighted by atomic mass is 9.48. The molecule has 0 saturated heterocycles. The first-order valence-electron chi connectivity index (χ1n) is 9.07. The number of fused-ring (bicyclic) bond motifs is 4.